The van der Waals surface area contributed by atoms with Gasteiger partial charge in [0.15, 0.2) is 0 Å². The van der Waals surface area contributed by atoms with Crippen molar-refractivity contribution < 1.29 is 14.6 Å². The van der Waals surface area contributed by atoms with Crippen LogP contribution in [0, 0.1) is 6.92 Å². The summed E-state index contributed by atoms with van der Waals surface area (Å²) in [5.74, 6) is -0.287. The van der Waals surface area contributed by atoms with E-state index in [9.17, 15) is 9.90 Å². The molecule has 1 saturated heterocycles. The van der Waals surface area contributed by atoms with Crippen LogP contribution in [0.25, 0.3) is 10.6 Å². The first-order valence-corrected chi connectivity index (χ1v) is 8.40. The van der Waals surface area contributed by atoms with Crippen molar-refractivity contribution in [3.63, 3.8) is 0 Å². The Balaban J connectivity index is 1.76. The topological polar surface area (TPSA) is 62.7 Å². The third-order valence-electron chi connectivity index (χ3n) is 4.14. The van der Waals surface area contributed by atoms with Crippen molar-refractivity contribution in [1.82, 2.24) is 9.88 Å². The average molecular weight is 332 g/mol. The van der Waals surface area contributed by atoms with Gasteiger partial charge < -0.3 is 9.84 Å². The molecule has 2 atom stereocenters. The summed E-state index contributed by atoms with van der Waals surface area (Å²) in [6, 6.07) is 7.78. The van der Waals surface area contributed by atoms with Gasteiger partial charge in [0.1, 0.15) is 11.0 Å². The number of likely N-dealkylation sites (tertiary alicyclic amines) is 1. The van der Waals surface area contributed by atoms with Crippen molar-refractivity contribution >= 4 is 17.3 Å². The summed E-state index contributed by atoms with van der Waals surface area (Å²) in [4.78, 5) is 19.4. The van der Waals surface area contributed by atoms with Gasteiger partial charge in [0.25, 0.3) is 0 Å². The van der Waals surface area contributed by atoms with Gasteiger partial charge in [-0.3, -0.25) is 9.69 Å². The lowest BCUT2D eigenvalue weighted by Gasteiger charge is -2.20. The molecule has 122 valence electrons. The van der Waals surface area contributed by atoms with Crippen LogP contribution in [0.3, 0.4) is 0 Å². The Morgan fingerprint density at radius 1 is 1.48 bits per heavy atom. The predicted molar refractivity (Wildman–Crippen MR) is 89.1 cm³/mol. The average Bonchev–Trinajstić information content (AvgIpc) is 3.14. The van der Waals surface area contributed by atoms with Gasteiger partial charge in [0.2, 0.25) is 0 Å². The second-order valence-electron chi connectivity index (χ2n) is 5.80. The zero-order valence-corrected chi connectivity index (χ0v) is 14.0. The van der Waals surface area contributed by atoms with E-state index in [2.05, 4.69) is 24.0 Å². The number of aliphatic hydroxyl groups excluding tert-OH is 1. The summed E-state index contributed by atoms with van der Waals surface area (Å²) >= 11 is 1.62. The molecule has 3 rings (SSSR count). The minimum Gasteiger partial charge on any atom is -0.468 e. The van der Waals surface area contributed by atoms with Crippen molar-refractivity contribution in [2.45, 2.75) is 32.0 Å². The summed E-state index contributed by atoms with van der Waals surface area (Å²) in [6.07, 6.45) is 1.80. The molecule has 23 heavy (non-hydrogen) atoms. The molecule has 6 heteroatoms. The highest BCUT2D eigenvalue weighted by molar-refractivity contribution is 7.15. The summed E-state index contributed by atoms with van der Waals surface area (Å²) in [6.45, 7) is 3.15. The highest BCUT2D eigenvalue weighted by Gasteiger charge is 2.36. The number of nitrogens with zero attached hydrogens (tertiary/aromatic N) is 2. The van der Waals surface area contributed by atoms with E-state index in [0.29, 0.717) is 19.5 Å². The number of ether oxygens (including phenoxy) is 1. The van der Waals surface area contributed by atoms with E-state index in [4.69, 9.17) is 4.74 Å². The van der Waals surface area contributed by atoms with E-state index in [0.717, 1.165) is 15.4 Å². The van der Waals surface area contributed by atoms with Crippen LogP contribution in [-0.4, -0.2) is 46.8 Å². The van der Waals surface area contributed by atoms with E-state index >= 15 is 0 Å². The molecule has 0 aliphatic carbocycles. The van der Waals surface area contributed by atoms with Gasteiger partial charge in [0.05, 0.1) is 13.2 Å². The first-order valence-electron chi connectivity index (χ1n) is 7.59. The number of rotatable bonds is 4. The van der Waals surface area contributed by atoms with Crippen molar-refractivity contribution in [2.24, 2.45) is 0 Å². The molecule has 1 N–H and O–H groups in total. The zero-order valence-electron chi connectivity index (χ0n) is 13.2. The number of carbonyl (C=O) groups is 1. The number of carbonyl (C=O) groups excluding carboxylic acids is 1. The number of benzene rings is 1. The molecule has 0 unspecified atom stereocenters. The van der Waals surface area contributed by atoms with Gasteiger partial charge in [-0.15, -0.1) is 11.3 Å². The molecule has 2 heterocycles. The lowest BCUT2D eigenvalue weighted by Crippen LogP contribution is -2.36. The maximum Gasteiger partial charge on any atom is 0.323 e. The largest absolute Gasteiger partial charge is 0.468 e. The number of esters is 1. The van der Waals surface area contributed by atoms with E-state index in [1.54, 1.807) is 11.3 Å². The van der Waals surface area contributed by atoms with Crippen LogP contribution in [-0.2, 0) is 16.1 Å². The Morgan fingerprint density at radius 2 is 2.26 bits per heavy atom. The normalized spacial score (nSPS) is 21.5. The molecule has 2 aromatic rings. The highest BCUT2D eigenvalue weighted by atomic mass is 32.1. The van der Waals surface area contributed by atoms with Crippen LogP contribution in [0.1, 0.15) is 16.9 Å². The number of thiazole rings is 1. The monoisotopic (exact) mass is 332 g/mol. The predicted octanol–water partition coefficient (Wildman–Crippen LogP) is 2.23. The van der Waals surface area contributed by atoms with E-state index in [1.807, 2.05) is 23.2 Å². The molecule has 1 aromatic carbocycles. The molecule has 1 aliphatic heterocycles. The van der Waals surface area contributed by atoms with Crippen LogP contribution in [0.5, 0.6) is 0 Å². The van der Waals surface area contributed by atoms with E-state index < -0.39 is 6.10 Å². The third-order valence-corrected chi connectivity index (χ3v) is 5.16. The number of hydrogen-bond donors (Lipinski definition) is 1. The number of methoxy groups -OCH3 is 1. The molecule has 0 amide bonds. The number of aliphatic hydroxyl groups is 1. The maximum absolute atomic E-state index is 11.8. The Morgan fingerprint density at radius 3 is 3.00 bits per heavy atom. The van der Waals surface area contributed by atoms with Crippen LogP contribution in [0.2, 0.25) is 0 Å². The van der Waals surface area contributed by atoms with E-state index in [-0.39, 0.29) is 12.0 Å². The van der Waals surface area contributed by atoms with Crippen LogP contribution < -0.4 is 0 Å². The standard InChI is InChI=1S/C17H20N2O3S/c1-11-5-3-4-6-14(11)16-18-8-13(23-16)10-19-9-12(20)7-15(19)17(21)22-2/h3-6,8,12,15,20H,7,9-10H2,1-2H3/t12-,15+/m0/s1. The molecule has 1 aliphatic rings. The number of hydrogen-bond acceptors (Lipinski definition) is 6. The molecular formula is C17H20N2O3S. The van der Waals surface area contributed by atoms with Crippen molar-refractivity contribution in [2.75, 3.05) is 13.7 Å². The summed E-state index contributed by atoms with van der Waals surface area (Å²) in [5, 5.41) is 10.8. The smallest absolute Gasteiger partial charge is 0.323 e. The molecule has 0 bridgehead atoms. The van der Waals surface area contributed by atoms with Crippen LogP contribution >= 0.6 is 11.3 Å². The van der Waals surface area contributed by atoms with Crippen LogP contribution in [0.15, 0.2) is 30.5 Å². The molecule has 0 saturated carbocycles. The molecule has 0 radical (unpaired) electrons. The van der Waals surface area contributed by atoms with Gasteiger partial charge in [0, 0.05) is 36.1 Å². The fourth-order valence-corrected chi connectivity index (χ4v) is 3.98. The summed E-state index contributed by atoms with van der Waals surface area (Å²) in [5.41, 5.74) is 2.33. The second-order valence-corrected chi connectivity index (χ2v) is 6.92. The van der Waals surface area contributed by atoms with Crippen molar-refractivity contribution in [3.8, 4) is 10.6 Å². The first-order chi connectivity index (χ1) is 11.1. The fourth-order valence-electron chi connectivity index (χ4n) is 2.95. The number of aryl methyl sites for hydroxylation is 1. The summed E-state index contributed by atoms with van der Waals surface area (Å²) in [7, 11) is 1.38. The molecule has 0 spiro atoms. The SMILES string of the molecule is COC(=O)[C@H]1C[C@H](O)CN1Cc1cnc(-c2ccccc2C)s1. The van der Waals surface area contributed by atoms with Crippen molar-refractivity contribution in [3.05, 3.63) is 40.9 Å². The number of aromatic nitrogens is 1. The minimum absolute atomic E-state index is 0.287. The fraction of sp³-hybridized carbons (Fsp3) is 0.412. The van der Waals surface area contributed by atoms with Gasteiger partial charge in [-0.1, -0.05) is 24.3 Å². The van der Waals surface area contributed by atoms with Gasteiger partial charge in [-0.25, -0.2) is 4.98 Å². The van der Waals surface area contributed by atoms with Gasteiger partial charge >= 0.3 is 5.97 Å². The zero-order chi connectivity index (χ0) is 16.4. The van der Waals surface area contributed by atoms with Crippen LogP contribution in [0.4, 0.5) is 0 Å². The minimum atomic E-state index is -0.483. The quantitative estimate of drug-likeness (QED) is 0.870. The Labute approximate surface area is 139 Å². The number of β-amino-alcohol motifs (C(OH)–C–C–N with tert-alkyl or cyclic N) is 1. The second kappa shape index (κ2) is 6.78. The van der Waals surface area contributed by atoms with Gasteiger partial charge in [-0.05, 0) is 12.5 Å². The lowest BCUT2D eigenvalue weighted by molar-refractivity contribution is -0.146. The Kier molecular flexibility index (Phi) is 4.75. The van der Waals surface area contributed by atoms with Gasteiger partial charge in [-0.2, -0.15) is 0 Å². The lowest BCUT2D eigenvalue weighted by atomic mass is 10.1. The van der Waals surface area contributed by atoms with Crippen molar-refractivity contribution in [1.29, 1.82) is 0 Å². The van der Waals surface area contributed by atoms with E-state index in [1.165, 1.54) is 12.7 Å². The molecule has 5 nitrogen and oxygen atoms in total. The summed E-state index contributed by atoms with van der Waals surface area (Å²) < 4.78 is 4.84. The third kappa shape index (κ3) is 3.44. The molecule has 1 fully saturated rings. The highest BCUT2D eigenvalue weighted by Crippen LogP contribution is 2.30. The Bertz CT molecular complexity index is 701. The first kappa shape index (κ1) is 16.1. The Hall–Kier alpha value is -1.76. The maximum atomic E-state index is 11.8. The molecular weight excluding hydrogens is 312 g/mol. The molecule has 1 aromatic heterocycles.